The number of unbranched alkanes of at least 4 members (excludes halogenated alkanes) is 43. The van der Waals surface area contributed by atoms with Crippen LogP contribution in [0.25, 0.3) is 0 Å². The molecule has 0 rings (SSSR count). The van der Waals surface area contributed by atoms with Crippen molar-refractivity contribution in [1.82, 2.24) is 5.32 Å². The van der Waals surface area contributed by atoms with Crippen LogP contribution in [0.15, 0.2) is 24.3 Å². The van der Waals surface area contributed by atoms with Gasteiger partial charge in [0, 0.05) is 0 Å². The molecule has 0 saturated heterocycles. The number of aliphatic hydroxyl groups is 4. The average molecular weight is 947 g/mol. The number of hydrogen-bond acceptors (Lipinski definition) is 5. The third-order valence-electron chi connectivity index (χ3n) is 14.4. The lowest BCUT2D eigenvalue weighted by atomic mass is 10.00. The van der Waals surface area contributed by atoms with Crippen LogP contribution >= 0.6 is 0 Å². The fourth-order valence-corrected chi connectivity index (χ4v) is 9.64. The Labute approximate surface area is 418 Å². The van der Waals surface area contributed by atoms with Crippen LogP contribution in [0.1, 0.15) is 328 Å². The number of nitrogens with one attached hydrogen (secondary N) is 1. The third kappa shape index (κ3) is 49.6. The quantitative estimate of drug-likeness (QED) is 0.0308. The summed E-state index contributed by atoms with van der Waals surface area (Å²) in [6.07, 6.45) is 68.4. The number of allylic oxidation sites excluding steroid dienone is 4. The second-order valence-corrected chi connectivity index (χ2v) is 21.0. The van der Waals surface area contributed by atoms with Crippen molar-refractivity contribution >= 4 is 5.91 Å². The molecule has 4 unspecified atom stereocenters. The van der Waals surface area contributed by atoms with Crippen molar-refractivity contribution < 1.29 is 25.2 Å². The standard InChI is InChI=1S/C61H119NO5/c1-3-5-7-9-11-13-15-17-19-21-23-25-27-29-30-31-33-34-36-38-40-42-44-46-48-50-52-54-58(64)60(66)57(56-63)62-61(67)59(65)55-53-51-49-47-45-43-41-39-37-35-32-28-26-24-22-20-18-16-14-12-10-8-6-4-2/h32,35,46,48,57-60,63-66H,3-31,33-34,36-45,47,49-56H2,1-2H3,(H,62,67)/b35-32-,48-46+. The molecule has 1 amide bonds. The van der Waals surface area contributed by atoms with Gasteiger partial charge in [0.25, 0.3) is 0 Å². The van der Waals surface area contributed by atoms with Crippen LogP contribution in [0.4, 0.5) is 0 Å². The van der Waals surface area contributed by atoms with Crippen molar-refractivity contribution in [3.63, 3.8) is 0 Å². The molecule has 0 heterocycles. The van der Waals surface area contributed by atoms with Crippen molar-refractivity contribution in [2.24, 2.45) is 0 Å². The molecule has 0 aromatic heterocycles. The molecule has 0 saturated carbocycles. The van der Waals surface area contributed by atoms with E-state index in [2.05, 4.69) is 43.5 Å². The van der Waals surface area contributed by atoms with Gasteiger partial charge in [0.1, 0.15) is 12.2 Å². The molecule has 0 aliphatic heterocycles. The summed E-state index contributed by atoms with van der Waals surface area (Å²) < 4.78 is 0. The first-order valence-corrected chi connectivity index (χ1v) is 30.2. The highest BCUT2D eigenvalue weighted by atomic mass is 16.3. The van der Waals surface area contributed by atoms with Gasteiger partial charge in [-0.3, -0.25) is 4.79 Å². The molecule has 0 aromatic rings. The summed E-state index contributed by atoms with van der Waals surface area (Å²) >= 11 is 0. The summed E-state index contributed by atoms with van der Waals surface area (Å²) in [5, 5.41) is 44.0. The van der Waals surface area contributed by atoms with Gasteiger partial charge in [-0.2, -0.15) is 0 Å². The van der Waals surface area contributed by atoms with Gasteiger partial charge in [0.15, 0.2) is 0 Å². The van der Waals surface area contributed by atoms with Gasteiger partial charge in [-0.05, 0) is 64.2 Å². The predicted octanol–water partition coefficient (Wildman–Crippen LogP) is 17.8. The first-order chi connectivity index (χ1) is 33.0. The average Bonchev–Trinajstić information content (AvgIpc) is 3.33. The molecule has 0 aliphatic rings. The Balaban J connectivity index is 3.63. The van der Waals surface area contributed by atoms with E-state index in [-0.39, 0.29) is 0 Å². The number of aliphatic hydroxyl groups excluding tert-OH is 4. The molecule has 67 heavy (non-hydrogen) atoms. The molecular weight excluding hydrogens is 827 g/mol. The Morgan fingerprint density at radius 3 is 0.896 bits per heavy atom. The molecule has 6 nitrogen and oxygen atoms in total. The normalized spacial score (nSPS) is 13.8. The lowest BCUT2D eigenvalue weighted by Gasteiger charge is -2.27. The first kappa shape index (κ1) is 65.8. The number of amides is 1. The largest absolute Gasteiger partial charge is 0.394 e. The minimum absolute atomic E-state index is 0.361. The van der Waals surface area contributed by atoms with Crippen LogP contribution in [0.5, 0.6) is 0 Å². The molecule has 4 atom stereocenters. The molecule has 0 bridgehead atoms. The van der Waals surface area contributed by atoms with Crippen molar-refractivity contribution in [3.8, 4) is 0 Å². The third-order valence-corrected chi connectivity index (χ3v) is 14.4. The SMILES string of the molecule is CCCCCCCCCCCCCC/C=C\CCCCCCCCCCC(O)C(=O)NC(CO)C(O)C(O)CCC/C=C/CCCCCCCCCCCCCCCCCCCCCCCC. The summed E-state index contributed by atoms with van der Waals surface area (Å²) in [4.78, 5) is 12.6. The van der Waals surface area contributed by atoms with Crippen molar-refractivity contribution in [3.05, 3.63) is 24.3 Å². The van der Waals surface area contributed by atoms with Gasteiger partial charge >= 0.3 is 0 Å². The highest BCUT2D eigenvalue weighted by molar-refractivity contribution is 5.80. The van der Waals surface area contributed by atoms with Crippen LogP contribution < -0.4 is 5.32 Å². The fourth-order valence-electron chi connectivity index (χ4n) is 9.64. The number of carbonyl (C=O) groups is 1. The maximum atomic E-state index is 12.6. The topological polar surface area (TPSA) is 110 Å². The van der Waals surface area contributed by atoms with Crippen molar-refractivity contribution in [2.45, 2.75) is 353 Å². The lowest BCUT2D eigenvalue weighted by molar-refractivity contribution is -0.132. The molecule has 0 aromatic carbocycles. The molecule has 0 fully saturated rings. The maximum absolute atomic E-state index is 12.6. The number of rotatable bonds is 56. The van der Waals surface area contributed by atoms with Gasteiger partial charge < -0.3 is 25.7 Å². The fraction of sp³-hybridized carbons (Fsp3) is 0.918. The number of carbonyl (C=O) groups excluding carboxylic acids is 1. The van der Waals surface area contributed by atoms with E-state index in [0.717, 1.165) is 38.5 Å². The van der Waals surface area contributed by atoms with Crippen molar-refractivity contribution in [2.75, 3.05) is 6.61 Å². The van der Waals surface area contributed by atoms with E-state index in [4.69, 9.17) is 0 Å². The highest BCUT2D eigenvalue weighted by Crippen LogP contribution is 2.18. The van der Waals surface area contributed by atoms with E-state index in [1.165, 1.54) is 263 Å². The van der Waals surface area contributed by atoms with Gasteiger partial charge in [-0.25, -0.2) is 0 Å². The smallest absolute Gasteiger partial charge is 0.249 e. The maximum Gasteiger partial charge on any atom is 0.249 e. The Morgan fingerprint density at radius 1 is 0.358 bits per heavy atom. The van der Waals surface area contributed by atoms with Gasteiger partial charge in [-0.15, -0.1) is 0 Å². The zero-order valence-electron chi connectivity index (χ0n) is 45.2. The summed E-state index contributed by atoms with van der Waals surface area (Å²) in [5.74, 6) is -0.591. The van der Waals surface area contributed by atoms with Gasteiger partial charge in [0.05, 0.1) is 18.8 Å². The van der Waals surface area contributed by atoms with Gasteiger partial charge in [0.2, 0.25) is 5.91 Å². The first-order valence-electron chi connectivity index (χ1n) is 30.2. The zero-order valence-corrected chi connectivity index (χ0v) is 45.2. The minimum Gasteiger partial charge on any atom is -0.394 e. The van der Waals surface area contributed by atoms with E-state index in [1.54, 1.807) is 0 Å². The van der Waals surface area contributed by atoms with E-state index in [9.17, 15) is 25.2 Å². The van der Waals surface area contributed by atoms with Gasteiger partial charge in [-0.1, -0.05) is 289 Å². The second-order valence-electron chi connectivity index (χ2n) is 21.0. The molecular formula is C61H119NO5. The second kappa shape index (κ2) is 55.7. The lowest BCUT2D eigenvalue weighted by Crippen LogP contribution is -2.53. The molecule has 5 N–H and O–H groups in total. The predicted molar refractivity (Wildman–Crippen MR) is 293 cm³/mol. The molecule has 0 aliphatic carbocycles. The minimum atomic E-state index is -1.28. The van der Waals surface area contributed by atoms with Crippen LogP contribution in [0, 0.1) is 0 Å². The Morgan fingerprint density at radius 2 is 0.612 bits per heavy atom. The van der Waals surface area contributed by atoms with Crippen LogP contribution in [-0.2, 0) is 4.79 Å². The summed E-state index contributed by atoms with van der Waals surface area (Å²) in [6, 6.07) is -1.00. The molecule has 0 radical (unpaired) electrons. The van der Waals surface area contributed by atoms with Crippen LogP contribution in [-0.4, -0.2) is 57.3 Å². The number of hydrogen-bond donors (Lipinski definition) is 5. The van der Waals surface area contributed by atoms with Crippen molar-refractivity contribution in [1.29, 1.82) is 0 Å². The van der Waals surface area contributed by atoms with Crippen LogP contribution in [0.3, 0.4) is 0 Å². The monoisotopic (exact) mass is 946 g/mol. The Kier molecular flexibility index (Phi) is 54.7. The summed E-state index contributed by atoms with van der Waals surface area (Å²) in [6.45, 7) is 4.09. The molecule has 398 valence electrons. The Hall–Kier alpha value is -1.21. The zero-order chi connectivity index (χ0) is 48.8. The van der Waals surface area contributed by atoms with E-state index < -0.39 is 36.9 Å². The summed E-state index contributed by atoms with van der Waals surface area (Å²) in [7, 11) is 0. The van der Waals surface area contributed by atoms with Crippen LogP contribution in [0.2, 0.25) is 0 Å². The molecule has 0 spiro atoms. The Bertz CT molecular complexity index is 1020. The molecule has 6 heteroatoms. The summed E-state index contributed by atoms with van der Waals surface area (Å²) in [5.41, 5.74) is 0. The van der Waals surface area contributed by atoms with E-state index >= 15 is 0 Å². The van der Waals surface area contributed by atoms with E-state index in [0.29, 0.717) is 12.8 Å². The highest BCUT2D eigenvalue weighted by Gasteiger charge is 2.28. The van der Waals surface area contributed by atoms with E-state index in [1.807, 2.05) is 0 Å².